The van der Waals surface area contributed by atoms with Gasteiger partial charge in [0.15, 0.2) is 16.9 Å². The second kappa shape index (κ2) is 36.1. The fourth-order valence-corrected chi connectivity index (χ4v) is 16.4. The van der Waals surface area contributed by atoms with E-state index in [-0.39, 0.29) is 83.9 Å². The summed E-state index contributed by atoms with van der Waals surface area (Å²) >= 11 is 3.51. The van der Waals surface area contributed by atoms with Crippen LogP contribution in [0, 0.1) is 59.0 Å². The van der Waals surface area contributed by atoms with Gasteiger partial charge in [-0.2, -0.15) is 15.3 Å². The Balaban J connectivity index is 0.000000151. The number of benzene rings is 9. The lowest BCUT2D eigenvalue weighted by Gasteiger charge is -2.17. The Hall–Kier alpha value is -14.1. The lowest BCUT2D eigenvalue weighted by Crippen LogP contribution is -2.25. The number of rotatable bonds is 16. The van der Waals surface area contributed by atoms with Crippen LogP contribution in [-0.4, -0.2) is 108 Å². The van der Waals surface area contributed by atoms with Crippen LogP contribution in [0.1, 0.15) is 57.9 Å². The summed E-state index contributed by atoms with van der Waals surface area (Å²) in [6.07, 6.45) is 3.94. The van der Waals surface area contributed by atoms with E-state index >= 15 is 0 Å². The highest BCUT2D eigenvalue weighted by Gasteiger charge is 2.28. The average molecular weight is 1840 g/mol. The number of pyridine rings is 3. The van der Waals surface area contributed by atoms with E-state index in [1.165, 1.54) is 67.3 Å². The number of nitrogens with zero attached hydrogens (tertiary/aromatic N) is 15. The quantitative estimate of drug-likeness (QED) is 0.0297. The summed E-state index contributed by atoms with van der Waals surface area (Å²) in [6, 6.07) is 56.9. The Morgan fingerprint density at radius 3 is 0.984 bits per heavy atom. The van der Waals surface area contributed by atoms with Crippen molar-refractivity contribution in [3.05, 3.63) is 318 Å². The minimum Gasteiger partial charge on any atom is -0.508 e. The number of para-hydroxylation sites is 3. The van der Waals surface area contributed by atoms with Crippen LogP contribution in [0.25, 0.3) is 116 Å². The monoisotopic (exact) mass is 1840 g/mol. The SMILES string of the molecule is C.C[Si](C)(C)Br.Cc1ccccc1-n1c(Cn2nc(-c3cc(F)cc(OP(=O)(O)O)c3)c3c(N)ncnc32)cc2cccc(C)c2c1=O.Cc1ccccc1-n1c(Cn2nc(-c3cc(F)cc(OP(C)(C)=O)c3)c3c(N)ncnc32)cc2cccc(C)c2c1=O.Cc1ccccc1-n1c(Cn2nc(-c3cc(O)cc(F)c3)c3c(N)ncnc32)cc2cccc(C)c2c1=O. The zero-order valence-electron chi connectivity index (χ0n) is 70.5. The van der Waals surface area contributed by atoms with Crippen molar-refractivity contribution in [1.29, 1.82) is 0 Å². The van der Waals surface area contributed by atoms with Crippen molar-refractivity contribution in [1.82, 2.24) is 72.9 Å². The van der Waals surface area contributed by atoms with Gasteiger partial charge in [-0.25, -0.2) is 61.7 Å². The molecule has 35 heteroatoms. The number of phenols is 1. The number of phosphoric acid groups is 1. The molecule has 0 unspecified atom stereocenters. The van der Waals surface area contributed by atoms with Gasteiger partial charge in [0.25, 0.3) is 16.7 Å². The Bertz CT molecular complexity index is 7430. The summed E-state index contributed by atoms with van der Waals surface area (Å²) in [5.74, 6) is -2.15. The summed E-state index contributed by atoms with van der Waals surface area (Å²) in [7, 11) is -7.92. The van der Waals surface area contributed by atoms with Crippen molar-refractivity contribution in [2.45, 2.75) is 88.2 Å². The topological polar surface area (TPSA) is 388 Å². The summed E-state index contributed by atoms with van der Waals surface area (Å²) in [6.45, 7) is 20.8. The van der Waals surface area contributed by atoms with Gasteiger partial charge in [-0.1, -0.05) is 136 Å². The van der Waals surface area contributed by atoms with Gasteiger partial charge >= 0.3 is 7.82 Å². The molecule has 652 valence electrons. The van der Waals surface area contributed by atoms with Crippen LogP contribution < -0.4 is 42.9 Å². The van der Waals surface area contributed by atoms with Crippen LogP contribution in [0.3, 0.4) is 0 Å². The molecule has 9 N–H and O–H groups in total. The number of phenolic OH excluding ortho intramolecular Hbond substituents is 1. The van der Waals surface area contributed by atoms with Gasteiger partial charge in [0.2, 0.25) is 7.37 Å². The Kier molecular flexibility index (Phi) is 25.4. The standard InChI is InChI=1S/C31H28FN6O3P.C29H24FN6O5P.C29H23FN6O2.C3H9BrSi.CH4/c1-18-8-5-6-11-25(18)38-23(13-20-10-7-9-19(2)26(20)31(38)39)16-37-30-27(29(33)34-17-35-30)28(36-37)21-12-22(32)15-24(14-21)41-42(3,4)40;1-16-6-3-4-9-23(16)36-21(11-18-8-5-7-17(2)24(18)29(36)37)14-35-28-25(27(31)32-15-33-28)26(34-35)19-10-20(30)13-22(12-19)41-42(38,39)40;1-16-6-3-4-9-23(16)36-21(11-18-8-5-7-17(2)24(18)29(36)38)14-35-28-25(27(31)32-15-33-28)26(34-35)19-10-20(30)13-22(37)12-19;1-5(2,3)4;/h5-15,17H,16H2,1-4H3,(H2,33,34,35);3-13,15H,14H2,1-2H3,(H2,31,32,33)(H2,38,39,40);3-13,15,37H,14H2,1-2H3,(H2,31,32,33);1-3H3;1H4. The Labute approximate surface area is 739 Å². The fraction of sp³-hybridized carbons (Fsp3) is 0.161. The predicted molar refractivity (Wildman–Crippen MR) is 503 cm³/mol. The highest BCUT2D eigenvalue weighted by Crippen LogP contribution is 2.44. The van der Waals surface area contributed by atoms with Crippen LogP contribution in [0.2, 0.25) is 19.6 Å². The number of anilines is 3. The molecule has 18 aromatic rings. The molecular weight excluding hydrogens is 1760 g/mol. The van der Waals surface area contributed by atoms with Crippen LogP contribution in [0.15, 0.2) is 234 Å². The molecule has 0 fully saturated rings. The van der Waals surface area contributed by atoms with E-state index in [2.05, 4.69) is 74.5 Å². The second-order valence-corrected chi connectivity index (χ2v) is 46.9. The molecule has 0 aliphatic heterocycles. The maximum Gasteiger partial charge on any atom is 0.524 e. The van der Waals surface area contributed by atoms with E-state index in [4.69, 9.17) is 31.9 Å². The molecule has 0 atom stereocenters. The van der Waals surface area contributed by atoms with Gasteiger partial charge in [0.05, 0.1) is 69.0 Å². The van der Waals surface area contributed by atoms with Crippen molar-refractivity contribution < 1.29 is 46.2 Å². The molecule has 9 aromatic heterocycles. The first-order valence-corrected chi connectivity index (χ1v) is 49.4. The van der Waals surface area contributed by atoms with Gasteiger partial charge < -0.3 is 31.4 Å². The summed E-state index contributed by atoms with van der Waals surface area (Å²) in [5, 5.41) is 29.6. The summed E-state index contributed by atoms with van der Waals surface area (Å²) < 4.78 is 87.2. The van der Waals surface area contributed by atoms with E-state index in [0.29, 0.717) is 94.5 Å². The molecule has 0 aliphatic rings. The number of hydrogen-bond acceptors (Lipinski definition) is 20. The predicted octanol–water partition coefficient (Wildman–Crippen LogP) is 18.5. The largest absolute Gasteiger partial charge is 0.524 e. The van der Waals surface area contributed by atoms with E-state index in [0.717, 1.165) is 79.1 Å². The third kappa shape index (κ3) is 19.0. The minimum atomic E-state index is -4.96. The smallest absolute Gasteiger partial charge is 0.508 e. The molecule has 0 amide bonds. The highest BCUT2D eigenvalue weighted by atomic mass is 79.9. The van der Waals surface area contributed by atoms with Crippen molar-refractivity contribution >= 4 is 120 Å². The molecule has 9 aromatic carbocycles. The number of nitrogens with two attached hydrogens (primary N) is 3. The normalized spacial score (nSPS) is 11.6. The number of fused-ring (bicyclic) bond motifs is 6. The molecule has 0 radical (unpaired) electrons. The molecule has 0 saturated heterocycles. The highest BCUT2D eigenvalue weighted by molar-refractivity contribution is 9.26. The minimum absolute atomic E-state index is 0. The third-order valence-corrected chi connectivity index (χ3v) is 21.8. The first-order valence-electron chi connectivity index (χ1n) is 39.6. The lowest BCUT2D eigenvalue weighted by molar-refractivity contribution is 0.283. The molecule has 0 saturated carbocycles. The molecule has 28 nitrogen and oxygen atoms in total. The van der Waals surface area contributed by atoms with Gasteiger partial charge in [-0.05, 0) is 164 Å². The number of aromatic hydroxyl groups is 1. The summed E-state index contributed by atoms with van der Waals surface area (Å²) in [4.78, 5) is 86.1. The molecule has 0 aliphatic carbocycles. The third-order valence-electron chi connectivity index (χ3n) is 20.7. The van der Waals surface area contributed by atoms with Gasteiger partial charge in [-0.15, -0.1) is 15.3 Å². The van der Waals surface area contributed by atoms with Crippen LogP contribution in [0.5, 0.6) is 17.2 Å². The molecular formula is C93H88BrF3N18O10P2Si. The summed E-state index contributed by atoms with van der Waals surface area (Å²) in [5.41, 5.74) is 30.6. The van der Waals surface area contributed by atoms with Crippen LogP contribution in [0.4, 0.5) is 30.6 Å². The first-order chi connectivity index (χ1) is 60.3. The fourth-order valence-electron chi connectivity index (χ4n) is 15.4. The van der Waals surface area contributed by atoms with Crippen LogP contribution >= 0.6 is 30.5 Å². The first kappa shape index (κ1) is 90.2. The molecule has 0 spiro atoms. The van der Waals surface area contributed by atoms with Crippen LogP contribution in [-0.2, 0) is 28.8 Å². The lowest BCUT2D eigenvalue weighted by atomic mass is 10.1. The molecule has 0 bridgehead atoms. The maximum atomic E-state index is 14.7. The molecule has 128 heavy (non-hydrogen) atoms. The average Bonchev–Trinajstić information content (AvgIpc) is 1.14. The number of halogens is 4. The number of phosphoric ester groups is 1. The van der Waals surface area contributed by atoms with E-state index in [1.807, 2.05) is 187 Å². The zero-order chi connectivity index (χ0) is 90.6. The number of aryl methyl sites for hydroxylation is 6. The van der Waals surface area contributed by atoms with Gasteiger partial charge in [-0.3, -0.25) is 42.4 Å². The Morgan fingerprint density at radius 2 is 0.688 bits per heavy atom. The van der Waals surface area contributed by atoms with Crippen molar-refractivity contribution in [3.8, 4) is 68.1 Å². The number of aromatic nitrogens is 15. The van der Waals surface area contributed by atoms with Crippen molar-refractivity contribution in [3.63, 3.8) is 0 Å². The van der Waals surface area contributed by atoms with E-state index in [1.54, 1.807) is 29.1 Å². The number of nitrogen functional groups attached to an aromatic ring is 3. The van der Waals surface area contributed by atoms with Crippen molar-refractivity contribution in [2.75, 3.05) is 30.5 Å². The zero-order valence-corrected chi connectivity index (χ0v) is 74.8. The Morgan fingerprint density at radius 1 is 0.398 bits per heavy atom. The van der Waals surface area contributed by atoms with Gasteiger partial charge in [0, 0.05) is 65.3 Å². The number of hydrogen-bond donors (Lipinski definition) is 6. The second-order valence-electron chi connectivity index (χ2n) is 31.7. The van der Waals surface area contributed by atoms with E-state index < -0.39 is 45.1 Å². The molecule has 9 heterocycles. The van der Waals surface area contributed by atoms with Crippen molar-refractivity contribution in [2.24, 2.45) is 0 Å². The van der Waals surface area contributed by atoms with Gasteiger partial charge in [0.1, 0.15) is 94.9 Å². The molecule has 18 rings (SSSR count). The maximum absolute atomic E-state index is 14.7. The van der Waals surface area contributed by atoms with E-state index in [9.17, 15) is 51.6 Å².